The number of nitrogens with one attached hydrogen (secondary N) is 2. The van der Waals surface area contributed by atoms with E-state index in [9.17, 15) is 19.2 Å². The summed E-state index contributed by atoms with van der Waals surface area (Å²) >= 11 is 0. The highest BCUT2D eigenvalue weighted by Crippen LogP contribution is 2.03. The third-order valence-corrected chi connectivity index (χ3v) is 2.58. The minimum Gasteiger partial charge on any atom is -0.481 e. The molecule has 1 amide bonds. The second kappa shape index (κ2) is 9.03. The number of ketones is 1. The molecule has 114 valence electrons. The maximum atomic E-state index is 11.7. The van der Waals surface area contributed by atoms with Gasteiger partial charge in [-0.1, -0.05) is 0 Å². The summed E-state index contributed by atoms with van der Waals surface area (Å²) in [5, 5.41) is 22.5. The van der Waals surface area contributed by atoms with Crippen LogP contribution in [0.15, 0.2) is 0 Å². The first kappa shape index (κ1) is 18.0. The fraction of sp³-hybridized carbons (Fsp3) is 0.667. The van der Waals surface area contributed by atoms with Crippen LogP contribution in [0.3, 0.4) is 0 Å². The van der Waals surface area contributed by atoms with Crippen molar-refractivity contribution in [3.8, 4) is 0 Å². The second-order valence-corrected chi connectivity index (χ2v) is 4.56. The molecule has 0 spiro atoms. The molecule has 0 radical (unpaired) electrons. The Morgan fingerprint density at radius 3 is 1.80 bits per heavy atom. The third kappa shape index (κ3) is 9.03. The molecule has 0 heterocycles. The van der Waals surface area contributed by atoms with Gasteiger partial charge in [-0.05, 0) is 14.0 Å². The Morgan fingerprint density at radius 1 is 0.900 bits per heavy atom. The van der Waals surface area contributed by atoms with Gasteiger partial charge >= 0.3 is 11.9 Å². The first-order valence-electron chi connectivity index (χ1n) is 6.14. The van der Waals surface area contributed by atoms with Crippen molar-refractivity contribution in [3.63, 3.8) is 0 Å². The topological polar surface area (TPSA) is 133 Å². The predicted octanol–water partition coefficient (Wildman–Crippen LogP) is -0.622. The number of hydrogen-bond acceptors (Lipinski definition) is 5. The Bertz CT molecular complexity index is 366. The SMILES string of the molecule is CNC(CC(=O)O)CC(=O)NC(CC(C)=O)CC(=O)O. The van der Waals surface area contributed by atoms with Crippen molar-refractivity contribution >= 4 is 23.6 Å². The Morgan fingerprint density at radius 2 is 1.40 bits per heavy atom. The van der Waals surface area contributed by atoms with Gasteiger partial charge in [0.1, 0.15) is 5.78 Å². The molecule has 0 fully saturated rings. The van der Waals surface area contributed by atoms with Crippen LogP contribution >= 0.6 is 0 Å². The summed E-state index contributed by atoms with van der Waals surface area (Å²) in [6, 6.07) is -1.32. The molecule has 0 saturated heterocycles. The van der Waals surface area contributed by atoms with Crippen LogP contribution in [-0.2, 0) is 19.2 Å². The van der Waals surface area contributed by atoms with Crippen LogP contribution < -0.4 is 10.6 Å². The van der Waals surface area contributed by atoms with Gasteiger partial charge < -0.3 is 20.8 Å². The normalized spacial score (nSPS) is 13.3. The Hall–Kier alpha value is -1.96. The predicted molar refractivity (Wildman–Crippen MR) is 69.2 cm³/mol. The van der Waals surface area contributed by atoms with Crippen molar-refractivity contribution in [2.75, 3.05) is 7.05 Å². The van der Waals surface area contributed by atoms with E-state index in [2.05, 4.69) is 10.6 Å². The lowest BCUT2D eigenvalue weighted by Crippen LogP contribution is -2.41. The second-order valence-electron chi connectivity index (χ2n) is 4.56. The fourth-order valence-electron chi connectivity index (χ4n) is 1.73. The van der Waals surface area contributed by atoms with Gasteiger partial charge in [0, 0.05) is 24.9 Å². The number of Topliss-reactive ketones (excluding diaryl/α,β-unsaturated/α-hetero) is 1. The Balaban J connectivity index is 4.45. The summed E-state index contributed by atoms with van der Waals surface area (Å²) in [6.07, 6.45) is -0.743. The number of hydrogen-bond donors (Lipinski definition) is 4. The summed E-state index contributed by atoms with van der Waals surface area (Å²) in [5.74, 6) is -2.87. The molecule has 2 atom stereocenters. The molecular weight excluding hydrogens is 268 g/mol. The van der Waals surface area contributed by atoms with E-state index in [4.69, 9.17) is 10.2 Å². The number of rotatable bonds is 10. The molecule has 0 aliphatic carbocycles. The highest BCUT2D eigenvalue weighted by atomic mass is 16.4. The zero-order valence-electron chi connectivity index (χ0n) is 11.5. The maximum Gasteiger partial charge on any atom is 0.305 e. The van der Waals surface area contributed by atoms with Crippen molar-refractivity contribution in [1.82, 2.24) is 10.6 Å². The van der Waals surface area contributed by atoms with Gasteiger partial charge in [0.05, 0.1) is 12.8 Å². The lowest BCUT2D eigenvalue weighted by atomic mass is 10.1. The van der Waals surface area contributed by atoms with Crippen molar-refractivity contribution in [1.29, 1.82) is 0 Å². The van der Waals surface area contributed by atoms with E-state index in [1.165, 1.54) is 14.0 Å². The number of carbonyl (C=O) groups is 4. The van der Waals surface area contributed by atoms with Crippen LogP contribution in [0.4, 0.5) is 0 Å². The number of carboxylic acids is 2. The van der Waals surface area contributed by atoms with Crippen LogP contribution in [0.2, 0.25) is 0 Å². The van der Waals surface area contributed by atoms with E-state index in [-0.39, 0.29) is 31.5 Å². The number of amides is 1. The maximum absolute atomic E-state index is 11.7. The average molecular weight is 288 g/mol. The van der Waals surface area contributed by atoms with Crippen molar-refractivity contribution in [3.05, 3.63) is 0 Å². The molecule has 0 aromatic carbocycles. The van der Waals surface area contributed by atoms with Crippen molar-refractivity contribution in [2.45, 2.75) is 44.7 Å². The summed E-state index contributed by atoms with van der Waals surface area (Å²) in [6.45, 7) is 1.31. The van der Waals surface area contributed by atoms with E-state index in [0.29, 0.717) is 0 Å². The zero-order chi connectivity index (χ0) is 15.7. The molecule has 2 unspecified atom stereocenters. The molecular formula is C12H20N2O6. The molecule has 8 heteroatoms. The van der Waals surface area contributed by atoms with E-state index < -0.39 is 29.9 Å². The van der Waals surface area contributed by atoms with E-state index >= 15 is 0 Å². The van der Waals surface area contributed by atoms with Crippen LogP contribution in [0.1, 0.15) is 32.6 Å². The summed E-state index contributed by atoms with van der Waals surface area (Å²) in [5.41, 5.74) is 0. The Kier molecular flexibility index (Phi) is 8.14. The molecule has 0 aromatic heterocycles. The molecule has 20 heavy (non-hydrogen) atoms. The van der Waals surface area contributed by atoms with Gasteiger partial charge in [0.25, 0.3) is 0 Å². The molecule has 0 saturated carbocycles. The highest BCUT2D eigenvalue weighted by Gasteiger charge is 2.20. The van der Waals surface area contributed by atoms with Gasteiger partial charge in [0.15, 0.2) is 0 Å². The van der Waals surface area contributed by atoms with Crippen molar-refractivity contribution < 1.29 is 29.4 Å². The van der Waals surface area contributed by atoms with Gasteiger partial charge in [-0.3, -0.25) is 19.2 Å². The van der Waals surface area contributed by atoms with Crippen LogP contribution in [-0.4, -0.2) is 53.0 Å². The van der Waals surface area contributed by atoms with Crippen molar-refractivity contribution in [2.24, 2.45) is 0 Å². The third-order valence-electron chi connectivity index (χ3n) is 2.58. The van der Waals surface area contributed by atoms with Crippen LogP contribution in [0.5, 0.6) is 0 Å². The molecule has 0 aliphatic heterocycles. The quantitative estimate of drug-likeness (QED) is 0.421. The standard InChI is InChI=1S/C12H20N2O6/c1-7(15)3-9(6-12(19)20)14-10(16)4-8(13-2)5-11(17)18/h8-9,13H,3-6H2,1-2H3,(H,14,16)(H,17,18)(H,19,20). The zero-order valence-corrected chi connectivity index (χ0v) is 11.5. The van der Waals surface area contributed by atoms with E-state index in [0.717, 1.165) is 0 Å². The number of carboxylic acid groups (broad SMARTS) is 2. The van der Waals surface area contributed by atoms with Crippen LogP contribution in [0, 0.1) is 0 Å². The monoisotopic (exact) mass is 288 g/mol. The van der Waals surface area contributed by atoms with Gasteiger partial charge in [0.2, 0.25) is 5.91 Å². The van der Waals surface area contributed by atoms with E-state index in [1.54, 1.807) is 0 Å². The number of aliphatic carboxylic acids is 2. The Labute approximate surface area is 116 Å². The van der Waals surface area contributed by atoms with Gasteiger partial charge in [-0.25, -0.2) is 0 Å². The van der Waals surface area contributed by atoms with E-state index in [1.807, 2.05) is 0 Å². The lowest BCUT2D eigenvalue weighted by molar-refractivity contribution is -0.138. The van der Waals surface area contributed by atoms with Crippen LogP contribution in [0.25, 0.3) is 0 Å². The first-order chi connectivity index (χ1) is 9.24. The molecule has 0 rings (SSSR count). The molecule has 8 nitrogen and oxygen atoms in total. The fourth-order valence-corrected chi connectivity index (χ4v) is 1.73. The van der Waals surface area contributed by atoms with Gasteiger partial charge in [-0.2, -0.15) is 0 Å². The summed E-state index contributed by atoms with van der Waals surface area (Å²) < 4.78 is 0. The molecule has 4 N–H and O–H groups in total. The summed E-state index contributed by atoms with van der Waals surface area (Å²) in [7, 11) is 1.53. The molecule has 0 aromatic rings. The molecule has 0 aliphatic rings. The summed E-state index contributed by atoms with van der Waals surface area (Å²) in [4.78, 5) is 43.9. The minimum absolute atomic E-state index is 0.0683. The largest absolute Gasteiger partial charge is 0.481 e. The molecule has 0 bridgehead atoms. The number of carbonyl (C=O) groups excluding carboxylic acids is 2. The van der Waals surface area contributed by atoms with Gasteiger partial charge in [-0.15, -0.1) is 0 Å². The lowest BCUT2D eigenvalue weighted by Gasteiger charge is -2.18. The minimum atomic E-state index is -1.12. The average Bonchev–Trinajstić information content (AvgIpc) is 2.25. The smallest absolute Gasteiger partial charge is 0.305 e. The first-order valence-corrected chi connectivity index (χ1v) is 6.14. The highest BCUT2D eigenvalue weighted by molar-refractivity contribution is 5.81.